The molecule has 0 aromatic heterocycles. The Bertz CT molecular complexity index is 168. The summed E-state index contributed by atoms with van der Waals surface area (Å²) in [6.45, 7) is 6.61. The highest BCUT2D eigenvalue weighted by molar-refractivity contribution is 4.71. The normalized spacial score (nSPS) is 26.2. The molecule has 0 aromatic rings. The summed E-state index contributed by atoms with van der Waals surface area (Å²) in [5.74, 6) is 1.01. The van der Waals surface area contributed by atoms with E-state index in [4.69, 9.17) is 0 Å². The molecule has 1 N–H and O–H groups in total. The zero-order valence-electron chi connectivity index (χ0n) is 10.7. The molecule has 0 aliphatic carbocycles. The van der Waals surface area contributed by atoms with Crippen molar-refractivity contribution < 1.29 is 0 Å². The van der Waals surface area contributed by atoms with Crippen LogP contribution in [0.3, 0.4) is 0 Å². The summed E-state index contributed by atoms with van der Waals surface area (Å²) in [4.78, 5) is 2.72. The molecule has 0 amide bonds. The summed E-state index contributed by atoms with van der Waals surface area (Å²) >= 11 is 0. The lowest BCUT2D eigenvalue weighted by Crippen LogP contribution is -2.33. The third kappa shape index (κ3) is 4.42. The van der Waals surface area contributed by atoms with Gasteiger partial charge in [0.05, 0.1) is 0 Å². The molecule has 0 unspecified atom stereocenters. The second-order valence-corrected chi connectivity index (χ2v) is 5.59. The van der Waals surface area contributed by atoms with Gasteiger partial charge < -0.3 is 10.2 Å². The summed E-state index contributed by atoms with van der Waals surface area (Å²) < 4.78 is 0. The van der Waals surface area contributed by atoms with E-state index in [0.29, 0.717) is 0 Å². The molecule has 0 radical (unpaired) electrons. The minimum atomic E-state index is 1.01. The Morgan fingerprint density at radius 3 is 2.19 bits per heavy atom. The van der Waals surface area contributed by atoms with E-state index in [1.165, 1.54) is 84.1 Å². The molecule has 2 saturated heterocycles. The van der Waals surface area contributed by atoms with Gasteiger partial charge in [0, 0.05) is 0 Å². The highest BCUT2D eigenvalue weighted by atomic mass is 15.1. The van der Waals surface area contributed by atoms with Crippen molar-refractivity contribution >= 4 is 0 Å². The van der Waals surface area contributed by atoms with Crippen LogP contribution in [0.4, 0.5) is 0 Å². The van der Waals surface area contributed by atoms with Crippen LogP contribution in [0.5, 0.6) is 0 Å². The Kier molecular flexibility index (Phi) is 5.64. The molecule has 2 heterocycles. The molecular weight excluding hydrogens is 196 g/mol. The van der Waals surface area contributed by atoms with E-state index in [-0.39, 0.29) is 0 Å². The van der Waals surface area contributed by atoms with E-state index in [2.05, 4.69) is 10.2 Å². The maximum absolute atomic E-state index is 3.46. The Morgan fingerprint density at radius 1 is 0.875 bits per heavy atom. The molecular formula is C14H28N2. The van der Waals surface area contributed by atoms with Crippen LogP contribution < -0.4 is 5.32 Å². The molecule has 0 saturated carbocycles. The van der Waals surface area contributed by atoms with Crippen molar-refractivity contribution in [3.63, 3.8) is 0 Å². The van der Waals surface area contributed by atoms with Gasteiger partial charge in [0.1, 0.15) is 0 Å². The summed E-state index contributed by atoms with van der Waals surface area (Å²) in [6, 6.07) is 0. The van der Waals surface area contributed by atoms with Gasteiger partial charge in [-0.25, -0.2) is 0 Å². The van der Waals surface area contributed by atoms with Crippen molar-refractivity contribution in [1.29, 1.82) is 0 Å². The van der Waals surface area contributed by atoms with Crippen molar-refractivity contribution in [2.75, 3.05) is 32.7 Å². The molecule has 0 atom stereocenters. The first-order valence-corrected chi connectivity index (χ1v) is 7.38. The zero-order valence-corrected chi connectivity index (χ0v) is 10.7. The van der Waals surface area contributed by atoms with Crippen LogP contribution in [0.2, 0.25) is 0 Å². The van der Waals surface area contributed by atoms with E-state index in [1.54, 1.807) is 0 Å². The highest BCUT2D eigenvalue weighted by Gasteiger charge is 2.15. The average Bonchev–Trinajstić information content (AvgIpc) is 2.29. The molecule has 2 nitrogen and oxygen atoms in total. The zero-order chi connectivity index (χ0) is 11.1. The van der Waals surface area contributed by atoms with Crippen LogP contribution in [0.25, 0.3) is 0 Å². The number of likely N-dealkylation sites (tertiary alicyclic amines) is 1. The summed E-state index contributed by atoms with van der Waals surface area (Å²) in [5, 5.41) is 3.46. The number of piperidine rings is 1. The third-order valence-corrected chi connectivity index (χ3v) is 4.26. The van der Waals surface area contributed by atoms with Crippen LogP contribution in [0.1, 0.15) is 51.4 Å². The minimum Gasteiger partial charge on any atom is -0.317 e. The fourth-order valence-electron chi connectivity index (χ4n) is 3.07. The fraction of sp³-hybridized carbons (Fsp3) is 1.00. The maximum Gasteiger partial charge on any atom is -0.00161 e. The number of hydrogen-bond acceptors (Lipinski definition) is 2. The van der Waals surface area contributed by atoms with Gasteiger partial charge >= 0.3 is 0 Å². The summed E-state index contributed by atoms with van der Waals surface area (Å²) in [5.41, 5.74) is 0. The van der Waals surface area contributed by atoms with Gasteiger partial charge in [0.15, 0.2) is 0 Å². The highest BCUT2D eigenvalue weighted by Crippen LogP contribution is 2.17. The lowest BCUT2D eigenvalue weighted by molar-refractivity contribution is 0.218. The number of hydrogen-bond donors (Lipinski definition) is 1. The topological polar surface area (TPSA) is 15.3 Å². The average molecular weight is 224 g/mol. The molecule has 0 bridgehead atoms. The second kappa shape index (κ2) is 7.29. The Balaban J connectivity index is 1.62. The molecule has 2 heteroatoms. The first-order chi connectivity index (χ1) is 7.95. The van der Waals surface area contributed by atoms with E-state index in [0.717, 1.165) is 5.92 Å². The molecule has 2 aliphatic heterocycles. The first kappa shape index (κ1) is 12.4. The summed E-state index contributed by atoms with van der Waals surface area (Å²) in [6.07, 6.45) is 11.5. The Morgan fingerprint density at radius 2 is 1.50 bits per heavy atom. The van der Waals surface area contributed by atoms with Gasteiger partial charge in [-0.1, -0.05) is 19.3 Å². The lowest BCUT2D eigenvalue weighted by Gasteiger charge is -2.28. The smallest absolute Gasteiger partial charge is 0.00161 e. The third-order valence-electron chi connectivity index (χ3n) is 4.26. The van der Waals surface area contributed by atoms with Crippen molar-refractivity contribution in [2.45, 2.75) is 51.4 Å². The lowest BCUT2D eigenvalue weighted by atomic mass is 9.94. The van der Waals surface area contributed by atoms with Gasteiger partial charge in [0.25, 0.3) is 0 Å². The molecule has 0 spiro atoms. The predicted octanol–water partition coefficient (Wildman–Crippen LogP) is 2.64. The van der Waals surface area contributed by atoms with E-state index >= 15 is 0 Å². The molecule has 2 fully saturated rings. The number of nitrogens with zero attached hydrogens (tertiary/aromatic N) is 1. The quantitative estimate of drug-likeness (QED) is 0.793. The van der Waals surface area contributed by atoms with Crippen molar-refractivity contribution in [2.24, 2.45) is 5.92 Å². The minimum absolute atomic E-state index is 1.01. The largest absolute Gasteiger partial charge is 0.317 e. The summed E-state index contributed by atoms with van der Waals surface area (Å²) in [7, 11) is 0. The number of rotatable bonds is 3. The van der Waals surface area contributed by atoms with E-state index < -0.39 is 0 Å². The SMILES string of the molecule is C1CCCN(CCC2CCNCC2)CCC1. The van der Waals surface area contributed by atoms with Gasteiger partial charge in [0.2, 0.25) is 0 Å². The van der Waals surface area contributed by atoms with Gasteiger partial charge in [-0.3, -0.25) is 0 Å². The van der Waals surface area contributed by atoms with E-state index in [9.17, 15) is 0 Å². The van der Waals surface area contributed by atoms with Crippen LogP contribution in [-0.4, -0.2) is 37.6 Å². The van der Waals surface area contributed by atoms with Crippen LogP contribution >= 0.6 is 0 Å². The number of nitrogens with one attached hydrogen (secondary N) is 1. The van der Waals surface area contributed by atoms with Crippen molar-refractivity contribution in [3.05, 3.63) is 0 Å². The standard InChI is InChI=1S/C14H28N2/c1-2-4-11-16(12-5-3-1)13-8-14-6-9-15-10-7-14/h14-15H,1-13H2. The van der Waals surface area contributed by atoms with Crippen molar-refractivity contribution in [3.8, 4) is 0 Å². The van der Waals surface area contributed by atoms with Crippen LogP contribution in [-0.2, 0) is 0 Å². The van der Waals surface area contributed by atoms with E-state index in [1.807, 2.05) is 0 Å². The molecule has 0 aromatic carbocycles. The predicted molar refractivity (Wildman–Crippen MR) is 69.7 cm³/mol. The molecule has 2 rings (SSSR count). The molecule has 2 aliphatic rings. The molecule has 94 valence electrons. The van der Waals surface area contributed by atoms with Crippen LogP contribution in [0, 0.1) is 5.92 Å². The Hall–Kier alpha value is -0.0800. The monoisotopic (exact) mass is 224 g/mol. The van der Waals surface area contributed by atoms with Gasteiger partial charge in [-0.2, -0.15) is 0 Å². The van der Waals surface area contributed by atoms with Crippen LogP contribution in [0.15, 0.2) is 0 Å². The fourth-order valence-corrected chi connectivity index (χ4v) is 3.07. The van der Waals surface area contributed by atoms with Crippen molar-refractivity contribution in [1.82, 2.24) is 10.2 Å². The second-order valence-electron chi connectivity index (χ2n) is 5.59. The molecule has 16 heavy (non-hydrogen) atoms. The first-order valence-electron chi connectivity index (χ1n) is 7.38. The van der Waals surface area contributed by atoms with Gasteiger partial charge in [-0.15, -0.1) is 0 Å². The van der Waals surface area contributed by atoms with Gasteiger partial charge in [-0.05, 0) is 70.7 Å². The maximum atomic E-state index is 3.46. The Labute approximate surface area is 101 Å².